The minimum absolute atomic E-state index is 1.00. The predicted octanol–water partition coefficient (Wildman–Crippen LogP) is 12.3. The Balaban J connectivity index is 0. The summed E-state index contributed by atoms with van der Waals surface area (Å²) in [6.45, 7) is 7.38. The Kier molecular flexibility index (Phi) is 35.7. The first-order valence-corrected chi connectivity index (χ1v) is 17.3. The number of rotatable bonds is 30. The van der Waals surface area contributed by atoms with Gasteiger partial charge in [-0.15, -0.1) is 5.34 Å². The fraction of sp³-hybridized carbons (Fsp3) is 1.00. The van der Waals surface area contributed by atoms with E-state index in [0.717, 1.165) is 5.34 Å². The molecule has 0 aliphatic carbocycles. The van der Waals surface area contributed by atoms with Crippen molar-refractivity contribution in [3.63, 3.8) is 0 Å². The fourth-order valence-corrected chi connectivity index (χ4v) is 5.58. The van der Waals surface area contributed by atoms with E-state index >= 15 is 0 Å². The molecule has 0 atom stereocenters. The molecular formula is C34H72N2O2. The number of hydrogen-bond donors (Lipinski definition) is 0. The summed E-state index contributed by atoms with van der Waals surface area (Å²) in [6, 6.07) is 0. The zero-order chi connectivity index (χ0) is 28.4. The molecule has 4 heteroatoms. The Morgan fingerprint density at radius 3 is 0.737 bits per heavy atom. The molecule has 0 radical (unpaired) electrons. The average molecular weight is 541 g/mol. The van der Waals surface area contributed by atoms with Gasteiger partial charge in [-0.2, -0.15) is 0 Å². The molecule has 0 aromatic carbocycles. The van der Waals surface area contributed by atoms with Gasteiger partial charge in [-0.25, -0.2) is 0 Å². The van der Waals surface area contributed by atoms with Gasteiger partial charge in [0.15, 0.2) is 0 Å². The smallest absolute Gasteiger partial charge is 0.0782 e. The highest BCUT2D eigenvalue weighted by Gasteiger charge is 2.13. The Hall–Kier alpha value is -0.640. The van der Waals surface area contributed by atoms with Crippen molar-refractivity contribution >= 4 is 0 Å². The van der Waals surface area contributed by atoms with Crippen LogP contribution < -0.4 is 0 Å². The van der Waals surface area contributed by atoms with Crippen LogP contribution in [0.25, 0.3) is 0 Å². The van der Waals surface area contributed by atoms with Gasteiger partial charge >= 0.3 is 0 Å². The van der Waals surface area contributed by atoms with Crippen LogP contribution in [-0.2, 0) is 0 Å². The largest absolute Gasteiger partial charge is 0.444 e. The molecule has 38 heavy (non-hydrogen) atoms. The zero-order valence-corrected chi connectivity index (χ0v) is 26.9. The minimum Gasteiger partial charge on any atom is -0.444 e. The topological polar surface area (TPSA) is 52.5 Å². The molecule has 0 fully saturated rings. The second-order valence-electron chi connectivity index (χ2n) is 12.6. The normalized spacial score (nSPS) is 11.4. The monoisotopic (exact) mass is 541 g/mol. The van der Waals surface area contributed by atoms with Gasteiger partial charge in [0.05, 0.1) is 27.2 Å². The summed E-state index contributed by atoms with van der Waals surface area (Å²) in [4.78, 5) is 8.00. The van der Waals surface area contributed by atoms with Crippen LogP contribution in [0, 0.1) is 10.1 Å². The third kappa shape index (κ3) is 37.5. The van der Waals surface area contributed by atoms with E-state index in [1.54, 1.807) is 0 Å². The highest BCUT2D eigenvalue weighted by molar-refractivity contribution is 4.51. The summed E-state index contributed by atoms with van der Waals surface area (Å²) in [6.07, 6.45) is 40.9. The highest BCUT2D eigenvalue weighted by Crippen LogP contribution is 2.15. The predicted molar refractivity (Wildman–Crippen MR) is 172 cm³/mol. The lowest BCUT2D eigenvalue weighted by Crippen LogP contribution is -2.41. The Morgan fingerprint density at radius 1 is 0.395 bits per heavy atom. The Morgan fingerprint density at radius 2 is 0.553 bits per heavy atom. The van der Waals surface area contributed by atoms with Crippen LogP contribution >= 0.6 is 0 Å². The van der Waals surface area contributed by atoms with Crippen LogP contribution in [0.5, 0.6) is 0 Å². The molecule has 0 unspecified atom stereocenters. The molecule has 0 aliphatic heterocycles. The van der Waals surface area contributed by atoms with E-state index < -0.39 is 0 Å². The SMILES string of the molecule is CCCCCCCCCCCCCCCC[N+](C)(C)CCCCCCCCCCCCCCCC.O=N[O-]. The van der Waals surface area contributed by atoms with E-state index in [1.165, 1.54) is 197 Å². The molecule has 0 N–H and O–H groups in total. The molecule has 0 heterocycles. The highest BCUT2D eigenvalue weighted by atomic mass is 16.6. The lowest BCUT2D eigenvalue weighted by molar-refractivity contribution is -0.890. The molecule has 0 aliphatic rings. The van der Waals surface area contributed by atoms with Gasteiger partial charge < -0.3 is 14.6 Å². The van der Waals surface area contributed by atoms with Crippen LogP contribution in [0.4, 0.5) is 0 Å². The molecule has 0 saturated carbocycles. The number of nitrogens with zero attached hydrogens (tertiary/aromatic N) is 2. The molecular weight excluding hydrogens is 468 g/mol. The molecule has 0 rings (SSSR count). The number of quaternary nitrogens is 1. The van der Waals surface area contributed by atoms with Crippen molar-refractivity contribution < 1.29 is 4.48 Å². The third-order valence-electron chi connectivity index (χ3n) is 8.23. The first kappa shape index (κ1) is 39.5. The van der Waals surface area contributed by atoms with Crippen molar-refractivity contribution in [2.75, 3.05) is 27.2 Å². The van der Waals surface area contributed by atoms with Crippen molar-refractivity contribution in [3.05, 3.63) is 10.1 Å². The van der Waals surface area contributed by atoms with Crippen molar-refractivity contribution in [3.8, 4) is 0 Å². The summed E-state index contributed by atoms with van der Waals surface area (Å²) in [5.74, 6) is 0. The standard InChI is InChI=1S/C34H72N.HNO2/c1-5-7-9-11-13-15-17-19-21-23-25-27-29-31-33-35(3,4)34-32-30-28-26-24-22-20-18-16-14-12-10-8-6-2;2-1-3/h5-34H2,1-4H3;(H,2,3)/q+1;/p-1. The summed E-state index contributed by atoms with van der Waals surface area (Å²) in [5, 5.41) is 9.00. The van der Waals surface area contributed by atoms with Gasteiger partial charge in [-0.1, -0.05) is 168 Å². The van der Waals surface area contributed by atoms with E-state index in [-0.39, 0.29) is 0 Å². The van der Waals surface area contributed by atoms with Gasteiger partial charge in [0.2, 0.25) is 0 Å². The molecule has 0 amide bonds. The first-order chi connectivity index (χ1) is 18.5. The maximum Gasteiger partial charge on any atom is 0.0782 e. The number of unbranched alkanes of at least 4 members (excludes halogenated alkanes) is 26. The lowest BCUT2D eigenvalue weighted by Gasteiger charge is -2.30. The molecule has 0 bridgehead atoms. The van der Waals surface area contributed by atoms with Crippen LogP contribution in [0.1, 0.15) is 194 Å². The molecule has 4 nitrogen and oxygen atoms in total. The summed E-state index contributed by atoms with van der Waals surface area (Å²) in [5.41, 5.74) is 0. The van der Waals surface area contributed by atoms with Crippen molar-refractivity contribution in [2.45, 2.75) is 194 Å². The van der Waals surface area contributed by atoms with Gasteiger partial charge in [0, 0.05) is 0 Å². The molecule has 0 saturated heterocycles. The summed E-state index contributed by atoms with van der Waals surface area (Å²) >= 11 is 0. The zero-order valence-electron chi connectivity index (χ0n) is 26.9. The van der Waals surface area contributed by atoms with Crippen LogP contribution in [-0.4, -0.2) is 31.7 Å². The maximum atomic E-state index is 8.00. The Labute approximate surface area is 240 Å². The summed E-state index contributed by atoms with van der Waals surface area (Å²) < 4.78 is 1.25. The van der Waals surface area contributed by atoms with Crippen molar-refractivity contribution in [1.29, 1.82) is 0 Å². The summed E-state index contributed by atoms with van der Waals surface area (Å²) in [7, 11) is 4.93. The third-order valence-corrected chi connectivity index (χ3v) is 8.23. The van der Waals surface area contributed by atoms with E-state index in [9.17, 15) is 0 Å². The van der Waals surface area contributed by atoms with Crippen molar-refractivity contribution in [1.82, 2.24) is 0 Å². The molecule has 0 aromatic rings. The second kappa shape index (κ2) is 34.4. The van der Waals surface area contributed by atoms with E-state index in [2.05, 4.69) is 27.9 Å². The molecule has 230 valence electrons. The van der Waals surface area contributed by atoms with E-state index in [4.69, 9.17) is 10.1 Å². The second-order valence-corrected chi connectivity index (χ2v) is 12.6. The van der Waals surface area contributed by atoms with E-state index in [1.807, 2.05) is 0 Å². The van der Waals surface area contributed by atoms with Gasteiger partial charge in [0.1, 0.15) is 0 Å². The average Bonchev–Trinajstić information content (AvgIpc) is 2.89. The molecule has 0 spiro atoms. The maximum absolute atomic E-state index is 8.00. The quantitative estimate of drug-likeness (QED) is 0.0393. The Bertz CT molecular complexity index is 395. The van der Waals surface area contributed by atoms with Gasteiger partial charge in [0.25, 0.3) is 0 Å². The van der Waals surface area contributed by atoms with Crippen LogP contribution in [0.2, 0.25) is 0 Å². The van der Waals surface area contributed by atoms with Crippen molar-refractivity contribution in [2.24, 2.45) is 5.34 Å². The lowest BCUT2D eigenvalue weighted by atomic mass is 10.0. The fourth-order valence-electron chi connectivity index (χ4n) is 5.58. The van der Waals surface area contributed by atoms with E-state index in [0.29, 0.717) is 0 Å². The van der Waals surface area contributed by atoms with Gasteiger partial charge in [-0.3, -0.25) is 0 Å². The van der Waals surface area contributed by atoms with Gasteiger partial charge in [-0.05, 0) is 25.7 Å². The molecule has 0 aromatic heterocycles. The minimum atomic E-state index is 1.00. The van der Waals surface area contributed by atoms with Crippen LogP contribution in [0.3, 0.4) is 0 Å². The first-order valence-electron chi connectivity index (χ1n) is 17.3. The van der Waals surface area contributed by atoms with Crippen LogP contribution in [0.15, 0.2) is 5.34 Å². The number of hydrogen-bond acceptors (Lipinski definition) is 3.